The number of aliphatic hydroxyl groups is 2. The molecule has 8 heteroatoms. The zero-order valence-electron chi connectivity index (χ0n) is 19.2. The summed E-state index contributed by atoms with van der Waals surface area (Å²) in [5.41, 5.74) is 0.742. The number of likely N-dealkylation sites (N-methyl/N-ethyl adjacent to an activating group) is 1. The molecule has 0 aromatic carbocycles. The SMILES string of the molecule is C[C@H](O)C#Cc1cnc2c(c1)C(=O)N([C@H](C)CO)C[C@@H](C)[C@@H](CN(C)C(=O)CC1CC1)O2. The molecule has 4 atom stereocenters. The van der Waals surface area contributed by atoms with E-state index in [1.54, 1.807) is 36.8 Å². The molecule has 8 nitrogen and oxygen atoms in total. The third kappa shape index (κ3) is 5.99. The average Bonchev–Trinajstić information content (AvgIpc) is 3.58. The van der Waals surface area contributed by atoms with Crippen LogP contribution in [0.4, 0.5) is 0 Å². The number of nitrogens with zero attached hydrogens (tertiary/aromatic N) is 3. The summed E-state index contributed by atoms with van der Waals surface area (Å²) in [6.07, 6.45) is 3.12. The summed E-state index contributed by atoms with van der Waals surface area (Å²) >= 11 is 0. The minimum atomic E-state index is -0.802. The highest BCUT2D eigenvalue weighted by Gasteiger charge is 2.35. The van der Waals surface area contributed by atoms with Crippen LogP contribution in [-0.2, 0) is 4.79 Å². The number of ether oxygens (including phenoxy) is 1. The first-order valence-electron chi connectivity index (χ1n) is 11.2. The summed E-state index contributed by atoms with van der Waals surface area (Å²) in [7, 11) is 1.78. The summed E-state index contributed by atoms with van der Waals surface area (Å²) in [6.45, 7) is 5.90. The fourth-order valence-corrected chi connectivity index (χ4v) is 3.67. The molecule has 32 heavy (non-hydrogen) atoms. The summed E-state index contributed by atoms with van der Waals surface area (Å²) in [4.78, 5) is 33.5. The Morgan fingerprint density at radius 1 is 1.41 bits per heavy atom. The lowest BCUT2D eigenvalue weighted by molar-refractivity contribution is -0.131. The van der Waals surface area contributed by atoms with E-state index in [1.807, 2.05) is 6.92 Å². The van der Waals surface area contributed by atoms with E-state index in [9.17, 15) is 19.8 Å². The van der Waals surface area contributed by atoms with Crippen molar-refractivity contribution in [2.24, 2.45) is 11.8 Å². The molecule has 1 aliphatic carbocycles. The molecule has 1 fully saturated rings. The fourth-order valence-electron chi connectivity index (χ4n) is 3.67. The number of fused-ring (bicyclic) bond motifs is 1. The van der Waals surface area contributed by atoms with Gasteiger partial charge in [-0.25, -0.2) is 4.98 Å². The Morgan fingerprint density at radius 3 is 2.75 bits per heavy atom. The van der Waals surface area contributed by atoms with Gasteiger partial charge in [-0.1, -0.05) is 18.8 Å². The molecule has 2 heterocycles. The van der Waals surface area contributed by atoms with Crippen LogP contribution in [0.3, 0.4) is 0 Å². The van der Waals surface area contributed by atoms with E-state index in [0.717, 1.165) is 12.8 Å². The fraction of sp³-hybridized carbons (Fsp3) is 0.625. The summed E-state index contributed by atoms with van der Waals surface area (Å²) in [5, 5.41) is 19.2. The third-order valence-electron chi connectivity index (χ3n) is 5.99. The van der Waals surface area contributed by atoms with E-state index in [4.69, 9.17) is 4.74 Å². The Kier molecular flexibility index (Phi) is 7.75. The molecule has 174 valence electrons. The maximum atomic E-state index is 13.3. The second-order valence-corrected chi connectivity index (χ2v) is 9.07. The molecular formula is C24H33N3O5. The second-order valence-electron chi connectivity index (χ2n) is 9.07. The van der Waals surface area contributed by atoms with Crippen molar-refractivity contribution >= 4 is 11.8 Å². The molecule has 2 aliphatic rings. The lowest BCUT2D eigenvalue weighted by atomic mass is 9.99. The Balaban J connectivity index is 1.91. The monoisotopic (exact) mass is 443 g/mol. The minimum Gasteiger partial charge on any atom is -0.472 e. The Hall–Kier alpha value is -2.63. The standard InChI is InChI=1S/C24H33N3O5/c1-15-12-27(16(2)14-28)24(31)20-9-19(6-5-17(3)29)11-25-23(20)32-21(15)13-26(4)22(30)10-18-7-8-18/h9,11,15-18,21,28-29H,7-8,10,12-14H2,1-4H3/t15-,16-,17+,21-/m1/s1. The molecular weight excluding hydrogens is 410 g/mol. The van der Waals surface area contributed by atoms with Gasteiger partial charge >= 0.3 is 0 Å². The molecule has 0 saturated heterocycles. The van der Waals surface area contributed by atoms with Gasteiger partial charge in [0.15, 0.2) is 0 Å². The highest BCUT2D eigenvalue weighted by Crippen LogP contribution is 2.33. The van der Waals surface area contributed by atoms with E-state index in [1.165, 1.54) is 6.20 Å². The van der Waals surface area contributed by atoms with Crippen LogP contribution in [0.5, 0.6) is 5.88 Å². The molecule has 3 rings (SSSR count). The zero-order chi connectivity index (χ0) is 23.4. The van der Waals surface area contributed by atoms with E-state index in [2.05, 4.69) is 16.8 Å². The molecule has 1 aromatic rings. The van der Waals surface area contributed by atoms with Crippen LogP contribution in [0.25, 0.3) is 0 Å². The van der Waals surface area contributed by atoms with Crippen molar-refractivity contribution < 1.29 is 24.5 Å². The van der Waals surface area contributed by atoms with Crippen molar-refractivity contribution in [2.45, 2.75) is 58.3 Å². The predicted molar refractivity (Wildman–Crippen MR) is 119 cm³/mol. The number of amides is 2. The van der Waals surface area contributed by atoms with Crippen LogP contribution in [-0.4, -0.2) is 81.8 Å². The molecule has 1 saturated carbocycles. The van der Waals surface area contributed by atoms with Crippen LogP contribution in [0.2, 0.25) is 0 Å². The van der Waals surface area contributed by atoms with Crippen molar-refractivity contribution in [3.63, 3.8) is 0 Å². The van der Waals surface area contributed by atoms with Gasteiger partial charge in [0.25, 0.3) is 5.91 Å². The molecule has 0 radical (unpaired) electrons. The summed E-state index contributed by atoms with van der Waals surface area (Å²) in [5.74, 6) is 5.86. The third-order valence-corrected chi connectivity index (χ3v) is 5.99. The average molecular weight is 444 g/mol. The Labute approximate surface area is 189 Å². The van der Waals surface area contributed by atoms with Crippen molar-refractivity contribution in [2.75, 3.05) is 26.7 Å². The summed E-state index contributed by atoms with van der Waals surface area (Å²) in [6, 6.07) is 1.21. The number of carbonyl (C=O) groups excluding carboxylic acids is 2. The predicted octanol–water partition coefficient (Wildman–Crippen LogP) is 1.29. The molecule has 0 bridgehead atoms. The smallest absolute Gasteiger partial charge is 0.259 e. The topological polar surface area (TPSA) is 103 Å². The van der Waals surface area contributed by atoms with Crippen LogP contribution in [0, 0.1) is 23.7 Å². The first-order valence-corrected chi connectivity index (χ1v) is 11.2. The van der Waals surface area contributed by atoms with Crippen LogP contribution in [0.15, 0.2) is 12.3 Å². The van der Waals surface area contributed by atoms with Crippen LogP contribution >= 0.6 is 0 Å². The number of carbonyl (C=O) groups is 2. The maximum absolute atomic E-state index is 13.3. The zero-order valence-corrected chi connectivity index (χ0v) is 19.2. The maximum Gasteiger partial charge on any atom is 0.259 e. The highest BCUT2D eigenvalue weighted by molar-refractivity contribution is 5.97. The van der Waals surface area contributed by atoms with E-state index in [-0.39, 0.29) is 41.9 Å². The van der Waals surface area contributed by atoms with Gasteiger partial charge < -0.3 is 24.7 Å². The minimum absolute atomic E-state index is 0.0891. The van der Waals surface area contributed by atoms with Gasteiger partial charge in [-0.2, -0.15) is 0 Å². The van der Waals surface area contributed by atoms with Crippen molar-refractivity contribution in [1.82, 2.24) is 14.8 Å². The highest BCUT2D eigenvalue weighted by atomic mass is 16.5. The van der Waals surface area contributed by atoms with Gasteiger partial charge in [0.05, 0.1) is 19.2 Å². The quantitative estimate of drug-likeness (QED) is 0.643. The first kappa shape index (κ1) is 24.0. The lowest BCUT2D eigenvalue weighted by Gasteiger charge is -2.37. The van der Waals surface area contributed by atoms with Crippen LogP contribution in [0.1, 0.15) is 56.0 Å². The van der Waals surface area contributed by atoms with Crippen molar-refractivity contribution in [3.05, 3.63) is 23.4 Å². The Morgan fingerprint density at radius 2 is 2.12 bits per heavy atom. The molecule has 2 amide bonds. The Bertz CT molecular complexity index is 903. The number of pyridine rings is 1. The van der Waals surface area contributed by atoms with Gasteiger partial charge in [0.2, 0.25) is 11.8 Å². The molecule has 0 spiro atoms. The number of aliphatic hydroxyl groups excluding tert-OH is 2. The normalized spacial score (nSPS) is 22.4. The van der Waals surface area contributed by atoms with Crippen molar-refractivity contribution in [1.29, 1.82) is 0 Å². The lowest BCUT2D eigenvalue weighted by Crippen LogP contribution is -2.50. The molecule has 2 N–H and O–H groups in total. The number of hydrogen-bond donors (Lipinski definition) is 2. The van der Waals surface area contributed by atoms with E-state index < -0.39 is 12.1 Å². The largest absolute Gasteiger partial charge is 0.472 e. The molecule has 1 aliphatic heterocycles. The first-order chi connectivity index (χ1) is 15.2. The number of rotatable bonds is 6. The van der Waals surface area contributed by atoms with E-state index >= 15 is 0 Å². The van der Waals surface area contributed by atoms with E-state index in [0.29, 0.717) is 31.0 Å². The molecule has 0 unspecified atom stereocenters. The van der Waals surface area contributed by atoms with Gasteiger partial charge in [0.1, 0.15) is 17.8 Å². The van der Waals surface area contributed by atoms with Crippen LogP contribution < -0.4 is 4.74 Å². The molecule has 1 aromatic heterocycles. The second kappa shape index (κ2) is 10.3. The number of aromatic nitrogens is 1. The number of hydrogen-bond acceptors (Lipinski definition) is 6. The van der Waals surface area contributed by atoms with Gasteiger partial charge in [-0.15, -0.1) is 0 Å². The van der Waals surface area contributed by atoms with Crippen molar-refractivity contribution in [3.8, 4) is 17.7 Å². The van der Waals surface area contributed by atoms with Gasteiger partial charge in [-0.05, 0) is 38.7 Å². The van der Waals surface area contributed by atoms with Gasteiger partial charge in [0, 0.05) is 37.7 Å². The summed E-state index contributed by atoms with van der Waals surface area (Å²) < 4.78 is 6.19. The van der Waals surface area contributed by atoms with Gasteiger partial charge in [-0.3, -0.25) is 9.59 Å².